The van der Waals surface area contributed by atoms with Crippen molar-refractivity contribution in [2.24, 2.45) is 0 Å². The number of esters is 1. The van der Waals surface area contributed by atoms with E-state index in [9.17, 15) is 9.59 Å². The van der Waals surface area contributed by atoms with Crippen LogP contribution in [0.4, 0.5) is 5.69 Å². The van der Waals surface area contributed by atoms with Gasteiger partial charge in [-0.25, -0.2) is 14.8 Å². The molecule has 1 N–H and O–H groups in total. The molecule has 0 unspecified atom stereocenters. The lowest BCUT2D eigenvalue weighted by Crippen LogP contribution is -2.16. The molecule has 41 heavy (non-hydrogen) atoms. The van der Waals surface area contributed by atoms with Crippen LogP contribution in [0, 0.1) is 6.92 Å². The van der Waals surface area contributed by atoms with Gasteiger partial charge in [-0.05, 0) is 55.0 Å². The molecule has 0 spiro atoms. The van der Waals surface area contributed by atoms with Crippen molar-refractivity contribution in [2.45, 2.75) is 6.92 Å². The van der Waals surface area contributed by atoms with Gasteiger partial charge in [-0.2, -0.15) is 0 Å². The van der Waals surface area contributed by atoms with Gasteiger partial charge < -0.3 is 19.5 Å². The van der Waals surface area contributed by atoms with E-state index in [4.69, 9.17) is 19.2 Å². The van der Waals surface area contributed by atoms with Gasteiger partial charge in [0.2, 0.25) is 5.88 Å². The summed E-state index contributed by atoms with van der Waals surface area (Å²) in [7, 11) is 4.32. The second-order valence-electron chi connectivity index (χ2n) is 9.09. The molecule has 8 nitrogen and oxygen atoms in total. The Morgan fingerprint density at radius 1 is 0.902 bits per heavy atom. The number of hydrogen-bond donors (Lipinski definition) is 1. The van der Waals surface area contributed by atoms with Gasteiger partial charge in [-0.3, -0.25) is 4.79 Å². The van der Waals surface area contributed by atoms with E-state index >= 15 is 0 Å². The molecule has 0 bridgehead atoms. The lowest BCUT2D eigenvalue weighted by atomic mass is 9.96. The Morgan fingerprint density at radius 2 is 1.68 bits per heavy atom. The zero-order valence-corrected chi connectivity index (χ0v) is 24.4. The average Bonchev–Trinajstić information content (AvgIpc) is 3.00. The Labute approximate surface area is 245 Å². The number of rotatable bonds is 7. The van der Waals surface area contributed by atoms with Crippen LogP contribution in [0.15, 0.2) is 83.5 Å². The van der Waals surface area contributed by atoms with Gasteiger partial charge in [0.05, 0.1) is 49.2 Å². The van der Waals surface area contributed by atoms with Crippen molar-refractivity contribution in [1.82, 2.24) is 9.97 Å². The normalized spacial score (nSPS) is 10.8. The topological polar surface area (TPSA) is 99.6 Å². The molecule has 9 heteroatoms. The number of nitrogens with zero attached hydrogens (tertiary/aromatic N) is 2. The van der Waals surface area contributed by atoms with Crippen molar-refractivity contribution >= 4 is 44.4 Å². The molecule has 0 saturated carbocycles. The number of halogens is 1. The number of hydrogen-bond acceptors (Lipinski definition) is 7. The molecule has 0 fully saturated rings. The first kappa shape index (κ1) is 27.8. The minimum Gasteiger partial charge on any atom is -0.496 e. The summed E-state index contributed by atoms with van der Waals surface area (Å²) in [4.78, 5) is 35.9. The van der Waals surface area contributed by atoms with Gasteiger partial charge in [0.1, 0.15) is 5.75 Å². The summed E-state index contributed by atoms with van der Waals surface area (Å²) in [5.41, 5.74) is 5.15. The quantitative estimate of drug-likeness (QED) is 0.196. The molecule has 1 amide bonds. The third kappa shape index (κ3) is 5.36. The Morgan fingerprint density at radius 3 is 2.39 bits per heavy atom. The SMILES string of the molecule is COC(=O)c1ccc(NC(=O)c2c(C)c(-c3ccccc3)nc3ccc(Br)cc23)c(-c2c(OC)ccnc2OC)c1. The summed E-state index contributed by atoms with van der Waals surface area (Å²) >= 11 is 3.53. The first-order valence-electron chi connectivity index (χ1n) is 12.6. The number of methoxy groups -OCH3 is 3. The van der Waals surface area contributed by atoms with E-state index in [2.05, 4.69) is 26.2 Å². The molecule has 5 aromatic rings. The Hall–Kier alpha value is -4.76. The third-order valence-electron chi connectivity index (χ3n) is 6.71. The van der Waals surface area contributed by atoms with Crippen molar-refractivity contribution in [3.8, 4) is 34.0 Å². The molecule has 2 heterocycles. The highest BCUT2D eigenvalue weighted by Crippen LogP contribution is 2.42. The van der Waals surface area contributed by atoms with Crippen molar-refractivity contribution < 1.29 is 23.8 Å². The predicted molar refractivity (Wildman–Crippen MR) is 162 cm³/mol. The van der Waals surface area contributed by atoms with E-state index in [-0.39, 0.29) is 17.4 Å². The van der Waals surface area contributed by atoms with Gasteiger partial charge in [0.25, 0.3) is 5.91 Å². The van der Waals surface area contributed by atoms with Crippen LogP contribution in [0.25, 0.3) is 33.3 Å². The largest absolute Gasteiger partial charge is 0.496 e. The van der Waals surface area contributed by atoms with Crippen LogP contribution in [0.1, 0.15) is 26.3 Å². The van der Waals surface area contributed by atoms with E-state index in [0.717, 1.165) is 15.6 Å². The number of nitrogens with one attached hydrogen (secondary N) is 1. The van der Waals surface area contributed by atoms with Crippen LogP contribution in [0.2, 0.25) is 0 Å². The number of carbonyl (C=O) groups excluding carboxylic acids is 2. The van der Waals surface area contributed by atoms with E-state index in [0.29, 0.717) is 44.7 Å². The molecular weight excluding hydrogens is 586 g/mol. The monoisotopic (exact) mass is 611 g/mol. The highest BCUT2D eigenvalue weighted by molar-refractivity contribution is 9.10. The van der Waals surface area contributed by atoms with Crippen LogP contribution in [-0.2, 0) is 4.74 Å². The van der Waals surface area contributed by atoms with Crippen LogP contribution < -0.4 is 14.8 Å². The second kappa shape index (κ2) is 11.8. The maximum atomic E-state index is 14.2. The molecule has 0 radical (unpaired) electrons. The van der Waals surface area contributed by atoms with Gasteiger partial charge >= 0.3 is 5.97 Å². The number of anilines is 1. The summed E-state index contributed by atoms with van der Waals surface area (Å²) in [6.07, 6.45) is 1.55. The molecule has 0 saturated heterocycles. The molecule has 2 aromatic heterocycles. The molecule has 206 valence electrons. The molecule has 0 aliphatic rings. The summed E-state index contributed by atoms with van der Waals surface area (Å²) in [6.45, 7) is 1.89. The average molecular weight is 612 g/mol. The number of ether oxygens (including phenoxy) is 3. The van der Waals surface area contributed by atoms with Crippen LogP contribution in [0.3, 0.4) is 0 Å². The summed E-state index contributed by atoms with van der Waals surface area (Å²) in [5.74, 6) is -0.156. The summed E-state index contributed by atoms with van der Waals surface area (Å²) < 4.78 is 16.9. The van der Waals surface area contributed by atoms with Crippen molar-refractivity contribution in [3.63, 3.8) is 0 Å². The van der Waals surface area contributed by atoms with E-state index in [1.807, 2.05) is 55.5 Å². The fourth-order valence-electron chi connectivity index (χ4n) is 4.79. The van der Waals surface area contributed by atoms with E-state index in [1.165, 1.54) is 21.3 Å². The zero-order valence-electron chi connectivity index (χ0n) is 22.8. The highest BCUT2D eigenvalue weighted by atomic mass is 79.9. The third-order valence-corrected chi connectivity index (χ3v) is 7.21. The first-order chi connectivity index (χ1) is 19.9. The number of benzene rings is 3. The highest BCUT2D eigenvalue weighted by Gasteiger charge is 2.24. The molecular formula is C32H26BrN3O5. The van der Waals surface area contributed by atoms with E-state index in [1.54, 1.807) is 30.5 Å². The zero-order chi connectivity index (χ0) is 29.1. The molecule has 3 aromatic carbocycles. The Kier molecular flexibility index (Phi) is 7.98. The number of carbonyl (C=O) groups is 2. The van der Waals surface area contributed by atoms with Crippen molar-refractivity contribution in [3.05, 3.63) is 100 Å². The lowest BCUT2D eigenvalue weighted by Gasteiger charge is -2.19. The number of aromatic nitrogens is 2. The van der Waals surface area contributed by atoms with Gasteiger partial charge in [-0.1, -0.05) is 46.3 Å². The molecule has 0 aliphatic carbocycles. The maximum Gasteiger partial charge on any atom is 0.337 e. The fraction of sp³-hybridized carbons (Fsp3) is 0.125. The molecule has 5 rings (SSSR count). The number of pyridine rings is 2. The number of fused-ring (bicyclic) bond motifs is 1. The van der Waals surface area contributed by atoms with Gasteiger partial charge in [0, 0.05) is 32.9 Å². The standard InChI is InChI=1S/C32H26BrN3O5/c1-18-27(23-17-21(33)11-13-24(23)35-29(18)19-8-6-5-7-9-19)30(37)36-25-12-10-20(32(38)41-4)16-22(25)28-26(39-2)14-15-34-31(28)40-3/h5-17H,1-4H3,(H,36,37). The molecule has 0 atom stereocenters. The van der Waals surface area contributed by atoms with Gasteiger partial charge in [0.15, 0.2) is 0 Å². The maximum absolute atomic E-state index is 14.2. The van der Waals surface area contributed by atoms with Gasteiger partial charge in [-0.15, -0.1) is 0 Å². The Balaban J connectivity index is 1.71. The second-order valence-corrected chi connectivity index (χ2v) is 10.0. The van der Waals surface area contributed by atoms with Crippen molar-refractivity contribution in [1.29, 1.82) is 0 Å². The summed E-state index contributed by atoms with van der Waals surface area (Å²) in [6, 6.07) is 21.9. The predicted octanol–water partition coefficient (Wildman–Crippen LogP) is 7.09. The minimum absolute atomic E-state index is 0.266. The van der Waals surface area contributed by atoms with Crippen molar-refractivity contribution in [2.75, 3.05) is 26.6 Å². The van der Waals surface area contributed by atoms with Crippen LogP contribution >= 0.6 is 15.9 Å². The van der Waals surface area contributed by atoms with Crippen LogP contribution in [0.5, 0.6) is 11.6 Å². The number of amides is 1. The minimum atomic E-state index is -0.528. The first-order valence-corrected chi connectivity index (χ1v) is 13.4. The van der Waals surface area contributed by atoms with E-state index < -0.39 is 5.97 Å². The smallest absolute Gasteiger partial charge is 0.337 e. The molecule has 0 aliphatic heterocycles. The lowest BCUT2D eigenvalue weighted by molar-refractivity contribution is 0.0600. The fourth-order valence-corrected chi connectivity index (χ4v) is 5.15. The summed E-state index contributed by atoms with van der Waals surface area (Å²) in [5, 5.41) is 3.76. The Bertz CT molecular complexity index is 1770. The van der Waals surface area contributed by atoms with Crippen LogP contribution in [-0.4, -0.2) is 43.2 Å².